The molecular formula is C62H44N4O. The zero-order valence-corrected chi connectivity index (χ0v) is 35.9. The fourth-order valence-electron chi connectivity index (χ4n) is 8.94. The first kappa shape index (κ1) is 28.9. The van der Waals surface area contributed by atoms with Crippen LogP contribution in [0.1, 0.15) is 28.9 Å². The van der Waals surface area contributed by atoms with Gasteiger partial charge in [-0.1, -0.05) is 183 Å². The van der Waals surface area contributed by atoms with Crippen LogP contribution in [0.2, 0.25) is 0 Å². The van der Waals surface area contributed by atoms with E-state index in [1.807, 2.05) is 120 Å². The van der Waals surface area contributed by atoms with Crippen molar-refractivity contribution in [3.63, 3.8) is 0 Å². The van der Waals surface area contributed by atoms with Crippen molar-refractivity contribution in [2.75, 3.05) is 0 Å². The van der Waals surface area contributed by atoms with Crippen molar-refractivity contribution >= 4 is 32.8 Å². The van der Waals surface area contributed by atoms with E-state index in [1.165, 1.54) is 0 Å². The van der Waals surface area contributed by atoms with Gasteiger partial charge in [-0.3, -0.25) is 13.7 Å². The van der Waals surface area contributed by atoms with E-state index < -0.39 is 66.8 Å². The van der Waals surface area contributed by atoms with Crippen LogP contribution in [0.4, 0.5) is 0 Å². The molecule has 12 rings (SSSR count). The van der Waals surface area contributed by atoms with Gasteiger partial charge in [0.05, 0.1) is 47.1 Å². The predicted octanol–water partition coefficient (Wildman–Crippen LogP) is 15.2. The second-order valence-corrected chi connectivity index (χ2v) is 15.9. The molecule has 0 radical (unpaired) electrons. The molecule has 0 saturated heterocycles. The second-order valence-electron chi connectivity index (χ2n) is 15.9. The molecule has 0 atom stereocenters. The Hall–Kier alpha value is -8.80. The molecule has 0 amide bonds. The maximum Gasteiger partial charge on any atom is 0.269 e. The summed E-state index contributed by atoms with van der Waals surface area (Å²) in [6, 6.07) is 47.8. The monoisotopic (exact) mass is 872 g/mol. The van der Waals surface area contributed by atoms with E-state index in [2.05, 4.69) is 36.7 Å². The Labute approximate surface area is 406 Å². The highest BCUT2D eigenvalue weighted by molar-refractivity contribution is 6.10. The first-order valence-electron chi connectivity index (χ1n) is 27.7. The summed E-state index contributed by atoms with van der Waals surface area (Å²) in [6.45, 7) is 1.55. The number of hydrogen-bond donors (Lipinski definition) is 0. The van der Waals surface area contributed by atoms with Crippen molar-refractivity contribution in [1.82, 2.24) is 14.1 Å². The number of aromatic nitrogens is 4. The summed E-state index contributed by atoms with van der Waals surface area (Å²) in [6.07, 6.45) is 3.45. The van der Waals surface area contributed by atoms with Gasteiger partial charge in [-0.2, -0.15) is 0 Å². The van der Waals surface area contributed by atoms with E-state index in [9.17, 15) is 0 Å². The van der Waals surface area contributed by atoms with Crippen LogP contribution < -0.4 is 9.30 Å². The number of nitrogens with zero attached hydrogens (tertiary/aromatic N) is 4. The highest BCUT2D eigenvalue weighted by Crippen LogP contribution is 2.39. The molecule has 0 unspecified atom stereocenters. The number of benzene rings is 9. The molecule has 0 aliphatic rings. The summed E-state index contributed by atoms with van der Waals surface area (Å²) in [7, 11) is 0. The van der Waals surface area contributed by atoms with Crippen molar-refractivity contribution in [2.45, 2.75) is 13.3 Å². The molecule has 0 aliphatic carbocycles. The first-order valence-corrected chi connectivity index (χ1v) is 21.7. The maximum absolute atomic E-state index is 9.06. The molecule has 12 aromatic rings. The molecule has 67 heavy (non-hydrogen) atoms. The topological polar surface area (TPSA) is 35.9 Å². The van der Waals surface area contributed by atoms with Gasteiger partial charge in [0.2, 0.25) is 0 Å². The fraction of sp³-hybridized carbons (Fsp3) is 0.0323. The molecule has 0 spiro atoms. The summed E-state index contributed by atoms with van der Waals surface area (Å²) in [5, 5.41) is 1.89. The van der Waals surface area contributed by atoms with E-state index >= 15 is 0 Å². The van der Waals surface area contributed by atoms with E-state index in [0.717, 1.165) is 38.5 Å². The van der Waals surface area contributed by atoms with Gasteiger partial charge in [0.1, 0.15) is 17.3 Å². The smallest absolute Gasteiger partial charge is 0.269 e. The van der Waals surface area contributed by atoms with E-state index in [4.69, 9.17) is 26.2 Å². The van der Waals surface area contributed by atoms with Crippen LogP contribution in [0.5, 0.6) is 11.5 Å². The highest BCUT2D eigenvalue weighted by atomic mass is 16.5. The standard InChI is InChI=1S/C62H44N4O/c1-2-43-38-61(63-41-56(43)47-25-13-6-14-26-47)66-57-36-33-48(44-19-7-3-8-20-44)37-55(57)54-35-34-51(40-60(54)66)67-50-28-17-27-49(39-50)64-42-65(59-32-16-15-31-58(59)64)62-52(45-21-9-4-10-22-45)29-18-30-53(62)46-23-11-5-12-24-46/h3-41H,2H2,1H3/i2D2,4D,5D,9D,10D,11D,12D,21D,22D,23D,24D. The van der Waals surface area contributed by atoms with Gasteiger partial charge in [-0.25, -0.2) is 4.98 Å². The summed E-state index contributed by atoms with van der Waals surface area (Å²) in [5.41, 5.74) is 7.62. The Morgan fingerprint density at radius 2 is 1.21 bits per heavy atom. The van der Waals surface area contributed by atoms with Gasteiger partial charge in [0.25, 0.3) is 6.33 Å². The molecule has 0 bridgehead atoms. The summed E-state index contributed by atoms with van der Waals surface area (Å²) < 4.78 is 117. The number of aryl methyl sites for hydroxylation is 1. The third kappa shape index (κ3) is 7.24. The summed E-state index contributed by atoms with van der Waals surface area (Å²) in [5.74, 6) is 1.48. The van der Waals surface area contributed by atoms with Crippen LogP contribution in [0.15, 0.2) is 236 Å². The van der Waals surface area contributed by atoms with Crippen molar-refractivity contribution in [3.8, 4) is 73.2 Å². The molecule has 318 valence electrons. The molecule has 3 heterocycles. The first-order chi connectivity index (χ1) is 38.0. The highest BCUT2D eigenvalue weighted by Gasteiger charge is 2.21. The van der Waals surface area contributed by atoms with Crippen LogP contribution in [0, 0.1) is 6.33 Å². The van der Waals surface area contributed by atoms with E-state index in [0.29, 0.717) is 45.2 Å². The van der Waals surface area contributed by atoms with Gasteiger partial charge >= 0.3 is 0 Å². The molecule has 9 aromatic carbocycles. The van der Waals surface area contributed by atoms with Crippen LogP contribution >= 0.6 is 0 Å². The molecule has 5 heteroatoms. The Bertz CT molecular complexity index is 4310. The van der Waals surface area contributed by atoms with E-state index in [1.54, 1.807) is 46.5 Å². The Morgan fingerprint density at radius 1 is 0.537 bits per heavy atom. The lowest BCUT2D eigenvalue weighted by molar-refractivity contribution is -0.571. The Morgan fingerprint density at radius 3 is 1.94 bits per heavy atom. The normalized spacial score (nSPS) is 14.2. The van der Waals surface area contributed by atoms with Crippen molar-refractivity contribution in [2.24, 2.45) is 0 Å². The number of ether oxygens (including phenoxy) is 1. The third-order valence-corrected chi connectivity index (χ3v) is 12.0. The van der Waals surface area contributed by atoms with Crippen LogP contribution in [0.25, 0.3) is 94.5 Å². The van der Waals surface area contributed by atoms with Crippen molar-refractivity contribution < 1.29 is 25.8 Å². The minimum absolute atomic E-state index is 0.138. The second kappa shape index (κ2) is 17.0. The van der Waals surface area contributed by atoms with Crippen LogP contribution in [-0.4, -0.2) is 14.1 Å². The summed E-state index contributed by atoms with van der Waals surface area (Å²) in [4.78, 5) is 5.01. The average molecular weight is 873 g/mol. The predicted molar refractivity (Wildman–Crippen MR) is 273 cm³/mol. The van der Waals surface area contributed by atoms with Gasteiger partial charge < -0.3 is 4.74 Å². The largest absolute Gasteiger partial charge is 0.458 e. The minimum atomic E-state index is -1.72. The summed E-state index contributed by atoms with van der Waals surface area (Å²) >= 11 is 0. The molecule has 5 nitrogen and oxygen atoms in total. The van der Waals surface area contributed by atoms with Gasteiger partial charge in [0, 0.05) is 31.3 Å². The number of fused-ring (bicyclic) bond motifs is 4. The van der Waals surface area contributed by atoms with Crippen LogP contribution in [-0.2, 0) is 6.37 Å². The molecule has 0 N–H and O–H groups in total. The lowest BCUT2D eigenvalue weighted by Gasteiger charge is -2.17. The zero-order chi connectivity index (χ0) is 55.2. The van der Waals surface area contributed by atoms with Crippen LogP contribution in [0.3, 0.4) is 0 Å². The fourth-order valence-corrected chi connectivity index (χ4v) is 8.94. The lowest BCUT2D eigenvalue weighted by atomic mass is 9.95. The molecule has 3 aromatic heterocycles. The number of imidazole rings is 1. The maximum atomic E-state index is 9.06. The molecule has 0 fully saturated rings. The zero-order valence-electron chi connectivity index (χ0n) is 47.9. The number of para-hydroxylation sites is 3. The Balaban J connectivity index is 1.02. The molecule has 0 aliphatic heterocycles. The molecular weight excluding hydrogens is 817 g/mol. The van der Waals surface area contributed by atoms with E-state index in [-0.39, 0.29) is 27.9 Å². The van der Waals surface area contributed by atoms with Gasteiger partial charge in [-0.15, -0.1) is 0 Å². The minimum Gasteiger partial charge on any atom is -0.458 e. The Kier molecular flexibility index (Phi) is 7.31. The van der Waals surface area contributed by atoms with Crippen molar-refractivity contribution in [1.29, 1.82) is 0 Å². The van der Waals surface area contributed by atoms with Gasteiger partial charge in [0.15, 0.2) is 0 Å². The SMILES string of the molecule is [2H]c1c([2H])c([2H])c(-c2cccc(-c3c([2H])c([2H])c([2H])c([2H])c3[2H])c2-[n+]2[c-]n(-c3cccc(Oc4ccc5c6cc(-c7ccccc7)ccc6n(-c6cc(C([2H])([2H])C)c(-c7ccccc7)cn6)c5c4)c3)c3ccccc32)c([2H])c1[2H]. The lowest BCUT2D eigenvalue weighted by Crippen LogP contribution is -2.31. The quantitative estimate of drug-likeness (QED) is 0.101. The van der Waals surface area contributed by atoms with Crippen molar-refractivity contribution in [3.05, 3.63) is 248 Å². The van der Waals surface area contributed by atoms with Gasteiger partial charge in [-0.05, 0) is 99.4 Å². The number of hydrogen-bond acceptors (Lipinski definition) is 2. The number of rotatable bonds is 10. The average Bonchev–Trinajstić information content (AvgIpc) is 4.18. The molecule has 0 saturated carbocycles. The number of pyridine rings is 1. The third-order valence-electron chi connectivity index (χ3n) is 12.0.